The van der Waals surface area contributed by atoms with Gasteiger partial charge in [-0.15, -0.1) is 0 Å². The van der Waals surface area contributed by atoms with Crippen molar-refractivity contribution in [1.29, 1.82) is 0 Å². The fourth-order valence-corrected chi connectivity index (χ4v) is 5.17. The van der Waals surface area contributed by atoms with Gasteiger partial charge in [-0.3, -0.25) is 14.0 Å². The first-order valence-corrected chi connectivity index (χ1v) is 11.6. The molecular formula is C19H20N3O5PPr2S. The van der Waals surface area contributed by atoms with Gasteiger partial charge < -0.3 is 20.3 Å². The maximum atomic E-state index is 12.0. The van der Waals surface area contributed by atoms with Gasteiger partial charge in [0.05, 0.1) is 28.5 Å². The molecule has 1 amide bonds. The third-order valence-electron chi connectivity index (χ3n) is 4.92. The number of primary amides is 1. The number of hydrogen-bond acceptors (Lipinski definition) is 5. The summed E-state index contributed by atoms with van der Waals surface area (Å²) in [6, 6.07) is 7.04. The van der Waals surface area contributed by atoms with Crippen LogP contribution in [0.2, 0.25) is 0 Å². The van der Waals surface area contributed by atoms with Gasteiger partial charge in [-0.25, -0.2) is 0 Å². The molecule has 31 heavy (non-hydrogen) atoms. The monoisotopic (exact) mass is 715 g/mol. The number of thiophene rings is 1. The van der Waals surface area contributed by atoms with Gasteiger partial charge in [0.1, 0.15) is 5.75 Å². The molecule has 0 aliphatic heterocycles. The molecule has 0 unspecified atom stereocenters. The first-order valence-electron chi connectivity index (χ1n) is 9.01. The maximum Gasteiger partial charge on any atom is 0.325 e. The van der Waals surface area contributed by atoms with Gasteiger partial charge in [-0.1, -0.05) is 23.5 Å². The Bertz CT molecular complexity index is 1140. The Morgan fingerprint density at radius 2 is 1.94 bits per heavy atom. The molecule has 0 atom stereocenters. The third kappa shape index (κ3) is 6.24. The van der Waals surface area contributed by atoms with E-state index in [1.54, 1.807) is 28.9 Å². The van der Waals surface area contributed by atoms with E-state index in [0.29, 0.717) is 22.1 Å². The molecule has 0 fully saturated rings. The summed E-state index contributed by atoms with van der Waals surface area (Å²) < 4.78 is 18.9. The van der Waals surface area contributed by atoms with Gasteiger partial charge in [0.25, 0.3) is 5.91 Å². The van der Waals surface area contributed by atoms with E-state index in [1.165, 1.54) is 11.3 Å². The summed E-state index contributed by atoms with van der Waals surface area (Å²) in [5, 5.41) is 4.92. The van der Waals surface area contributed by atoms with Crippen molar-refractivity contribution >= 4 is 24.8 Å². The number of carbonyl (C=O) groups is 1. The molecule has 12 heteroatoms. The third-order valence-corrected chi connectivity index (χ3v) is 6.85. The Labute approximate surface area is 250 Å². The summed E-state index contributed by atoms with van der Waals surface area (Å²) in [4.78, 5) is 30.5. The molecule has 0 saturated carbocycles. The molecule has 0 spiro atoms. The van der Waals surface area contributed by atoms with E-state index in [2.05, 4.69) is 5.10 Å². The largest absolute Gasteiger partial charge is 0.446 e. The van der Waals surface area contributed by atoms with E-state index in [9.17, 15) is 9.36 Å². The van der Waals surface area contributed by atoms with Crippen LogP contribution >= 0.6 is 18.9 Å². The van der Waals surface area contributed by atoms with Crippen molar-refractivity contribution in [3.05, 3.63) is 52.0 Å². The minimum atomic E-state index is -4.03. The Morgan fingerprint density at radius 3 is 2.55 bits per heavy atom. The van der Waals surface area contributed by atoms with Crippen molar-refractivity contribution in [3.8, 4) is 22.1 Å². The summed E-state index contributed by atoms with van der Waals surface area (Å²) in [7, 11) is -2.17. The van der Waals surface area contributed by atoms with Crippen LogP contribution < -0.4 is 10.5 Å². The van der Waals surface area contributed by atoms with Crippen molar-refractivity contribution in [2.24, 2.45) is 12.8 Å². The Kier molecular flexibility index (Phi) is 9.89. The normalized spacial score (nSPS) is 12.2. The Morgan fingerprint density at radius 1 is 1.26 bits per heavy atom. The molecular weight excluding hydrogens is 695 g/mol. The van der Waals surface area contributed by atoms with E-state index in [4.69, 9.17) is 20.3 Å². The van der Waals surface area contributed by atoms with E-state index in [1.807, 2.05) is 13.2 Å². The summed E-state index contributed by atoms with van der Waals surface area (Å²) in [5.74, 6) is 0.0961. The molecule has 1 aliphatic carbocycles. The molecule has 4 N–H and O–H groups in total. The van der Waals surface area contributed by atoms with Crippen LogP contribution in [0.1, 0.15) is 26.4 Å². The number of nitrogens with two attached hydrogens (primary N) is 1. The number of fused-ring (bicyclic) bond motifs is 3. The predicted octanol–water partition coefficient (Wildman–Crippen LogP) is 2.86. The first-order chi connectivity index (χ1) is 13.7. The number of aromatic nitrogens is 2. The van der Waals surface area contributed by atoms with E-state index in [-0.39, 0.29) is 95.2 Å². The zero-order valence-corrected chi connectivity index (χ0v) is 25.9. The quantitative estimate of drug-likeness (QED) is 0.337. The predicted molar refractivity (Wildman–Crippen MR) is 110 cm³/mol. The SMILES string of the molecule is Cn1ncc2c1-c1c(Oc3ccc(CCP(=O)(O)O)cc3)sc(C(N)=O)c1CC2.[Pr].[Pr]. The van der Waals surface area contributed by atoms with Crippen molar-refractivity contribution in [2.45, 2.75) is 19.3 Å². The number of rotatable bonds is 6. The van der Waals surface area contributed by atoms with Crippen LogP contribution in [0.4, 0.5) is 0 Å². The minimum Gasteiger partial charge on any atom is -0.446 e. The van der Waals surface area contributed by atoms with Crippen LogP contribution in [0.15, 0.2) is 30.5 Å². The summed E-state index contributed by atoms with van der Waals surface area (Å²) in [5.41, 5.74) is 10.2. The van der Waals surface area contributed by atoms with E-state index < -0.39 is 13.5 Å². The summed E-state index contributed by atoms with van der Waals surface area (Å²) in [6.45, 7) is 0. The Balaban J connectivity index is 0.00000171. The molecule has 0 saturated heterocycles. The smallest absolute Gasteiger partial charge is 0.325 e. The van der Waals surface area contributed by atoms with Gasteiger partial charge in [0.2, 0.25) is 0 Å². The second-order valence-corrected chi connectivity index (χ2v) is 9.72. The van der Waals surface area contributed by atoms with Gasteiger partial charge >= 0.3 is 7.60 Å². The molecule has 4 rings (SSSR count). The van der Waals surface area contributed by atoms with Gasteiger partial charge in [0, 0.05) is 89.6 Å². The van der Waals surface area contributed by atoms with Gasteiger partial charge in [0.15, 0.2) is 5.06 Å². The number of carbonyl (C=O) groups excluding carboxylic acids is 1. The fourth-order valence-electron chi connectivity index (χ4n) is 3.54. The van der Waals surface area contributed by atoms with Crippen molar-refractivity contribution in [3.63, 3.8) is 0 Å². The number of benzene rings is 1. The zero-order valence-electron chi connectivity index (χ0n) is 16.8. The summed E-state index contributed by atoms with van der Waals surface area (Å²) >= 11 is 1.23. The second kappa shape index (κ2) is 11.1. The standard InChI is InChI=1S/C19H20N3O5PS.2Pr/c1-22-16-12(10-21-22)4-7-14-15(16)19(29-17(14)18(20)23)27-13-5-2-11(3-6-13)8-9-28(24,25)26;;/h2-3,5-6,10H,4,7-9H2,1H3,(H2,20,23)(H2,24,25,26);;. The van der Waals surface area contributed by atoms with E-state index in [0.717, 1.165) is 34.4 Å². The number of aryl methyl sites for hydroxylation is 3. The number of nitrogens with zero attached hydrogens (tertiary/aromatic N) is 2. The second-order valence-electron chi connectivity index (χ2n) is 6.96. The molecule has 8 nitrogen and oxygen atoms in total. The molecule has 3 aromatic rings. The molecule has 2 radical (unpaired) electrons. The van der Waals surface area contributed by atoms with Crippen LogP contribution in [0.25, 0.3) is 11.3 Å². The molecule has 2 heterocycles. The fraction of sp³-hybridized carbons (Fsp3) is 0.263. The molecule has 1 aliphatic rings. The minimum absolute atomic E-state index is 0. The first kappa shape index (κ1) is 27.5. The Hall–Kier alpha value is 0.277. The number of amides is 1. The molecule has 158 valence electrons. The maximum absolute atomic E-state index is 12.0. The molecule has 0 bridgehead atoms. The van der Waals surface area contributed by atoms with Crippen molar-refractivity contribution in [1.82, 2.24) is 9.78 Å². The summed E-state index contributed by atoms with van der Waals surface area (Å²) in [6.07, 6.45) is 3.41. The van der Waals surface area contributed by atoms with Gasteiger partial charge in [-0.2, -0.15) is 5.10 Å². The number of ether oxygens (including phenoxy) is 1. The zero-order chi connectivity index (χ0) is 20.8. The van der Waals surface area contributed by atoms with Crippen LogP contribution in [0, 0.1) is 82.6 Å². The van der Waals surface area contributed by atoms with Crippen LogP contribution in [0.5, 0.6) is 10.8 Å². The topological polar surface area (TPSA) is 128 Å². The average Bonchev–Trinajstić information content (AvgIpc) is 3.21. The van der Waals surface area contributed by atoms with Gasteiger partial charge in [-0.05, 0) is 48.1 Å². The average molecular weight is 715 g/mol. The van der Waals surface area contributed by atoms with Crippen molar-refractivity contribution in [2.75, 3.05) is 6.16 Å². The molecule has 2 aromatic heterocycles. The molecule has 1 aromatic carbocycles. The van der Waals surface area contributed by atoms with Crippen molar-refractivity contribution < 1.29 is 106 Å². The number of hydrogen-bond donors (Lipinski definition) is 3. The van der Waals surface area contributed by atoms with Crippen LogP contribution in [-0.4, -0.2) is 31.6 Å². The van der Waals surface area contributed by atoms with Crippen LogP contribution in [0.3, 0.4) is 0 Å². The van der Waals surface area contributed by atoms with Crippen LogP contribution in [-0.2, 0) is 30.9 Å². The van der Waals surface area contributed by atoms with E-state index >= 15 is 0 Å².